The third-order valence-electron chi connectivity index (χ3n) is 3.21. The minimum Gasteiger partial charge on any atom is -0.428 e. The van der Waals surface area contributed by atoms with Crippen LogP contribution in [0.3, 0.4) is 0 Å². The molecular weight excluding hydrogens is 316 g/mol. The summed E-state index contributed by atoms with van der Waals surface area (Å²) in [7, 11) is 1.39. The lowest BCUT2D eigenvalue weighted by atomic mass is 10.1. The van der Waals surface area contributed by atoms with Gasteiger partial charge in [0, 0.05) is 25.6 Å². The number of ether oxygens (including phenoxy) is 2. The molecule has 1 aromatic rings. The number of alkyl carbamates (subject to hydrolysis) is 1. The van der Waals surface area contributed by atoms with Crippen LogP contribution in [-0.4, -0.2) is 37.7 Å². The normalized spacial score (nSPS) is 13.1. The second-order valence-corrected chi connectivity index (χ2v) is 4.83. The monoisotopic (exact) mass is 332 g/mol. The molecule has 0 fully saturated rings. The molecule has 0 radical (unpaired) electrons. The highest BCUT2D eigenvalue weighted by atomic mass is 16.7. The lowest BCUT2D eigenvalue weighted by Crippen LogP contribution is -2.29. The first-order valence-electron chi connectivity index (χ1n) is 7.16. The number of nitrogens with one attached hydrogen (secondary N) is 1. The Morgan fingerprint density at radius 1 is 1.12 bits per heavy atom. The summed E-state index contributed by atoms with van der Waals surface area (Å²) < 4.78 is 9.29. The van der Waals surface area contributed by atoms with E-state index in [1.807, 2.05) is 0 Å². The van der Waals surface area contributed by atoms with E-state index in [1.54, 1.807) is 24.3 Å². The van der Waals surface area contributed by atoms with E-state index in [4.69, 9.17) is 4.74 Å². The van der Waals surface area contributed by atoms with Crippen LogP contribution in [0.2, 0.25) is 0 Å². The van der Waals surface area contributed by atoms with Gasteiger partial charge in [-0.25, -0.2) is 9.69 Å². The molecule has 1 aromatic carbocycles. The van der Waals surface area contributed by atoms with E-state index < -0.39 is 30.7 Å². The number of carbonyl (C=O) groups is 4. The molecule has 1 heterocycles. The molecular formula is C16H16N2O6. The van der Waals surface area contributed by atoms with E-state index in [9.17, 15) is 19.2 Å². The van der Waals surface area contributed by atoms with Gasteiger partial charge < -0.3 is 14.8 Å². The second kappa shape index (κ2) is 7.91. The van der Waals surface area contributed by atoms with Crippen LogP contribution in [0.4, 0.5) is 10.5 Å². The van der Waals surface area contributed by atoms with Gasteiger partial charge in [-0.15, -0.1) is 0 Å². The molecule has 2 rings (SSSR count). The van der Waals surface area contributed by atoms with Crippen LogP contribution in [0, 0.1) is 0 Å². The molecule has 0 aliphatic carbocycles. The molecule has 1 aliphatic heterocycles. The third kappa shape index (κ3) is 4.42. The summed E-state index contributed by atoms with van der Waals surface area (Å²) in [5.74, 6) is -1.33. The summed E-state index contributed by atoms with van der Waals surface area (Å²) in [6.07, 6.45) is 2.15. The highest BCUT2D eigenvalue weighted by Crippen LogP contribution is 2.21. The van der Waals surface area contributed by atoms with Crippen molar-refractivity contribution in [2.75, 3.05) is 18.7 Å². The van der Waals surface area contributed by atoms with Crippen LogP contribution in [0.15, 0.2) is 36.4 Å². The van der Waals surface area contributed by atoms with Crippen molar-refractivity contribution in [1.82, 2.24) is 5.32 Å². The predicted molar refractivity (Wildman–Crippen MR) is 82.9 cm³/mol. The Bertz CT molecular complexity index is 680. The highest BCUT2D eigenvalue weighted by Gasteiger charge is 2.25. The van der Waals surface area contributed by atoms with E-state index in [-0.39, 0.29) is 6.42 Å². The zero-order valence-electron chi connectivity index (χ0n) is 13.0. The zero-order chi connectivity index (χ0) is 17.5. The minimum absolute atomic E-state index is 0.0701. The van der Waals surface area contributed by atoms with Crippen molar-refractivity contribution < 1.29 is 28.7 Å². The van der Waals surface area contributed by atoms with E-state index >= 15 is 0 Å². The summed E-state index contributed by atoms with van der Waals surface area (Å²) in [5, 5.41) is 2.22. The Hall–Kier alpha value is -3.16. The van der Waals surface area contributed by atoms with Gasteiger partial charge in [-0.2, -0.15) is 0 Å². The second-order valence-electron chi connectivity index (χ2n) is 4.83. The Morgan fingerprint density at radius 2 is 1.83 bits per heavy atom. The fraction of sp³-hybridized carbons (Fsp3) is 0.250. The highest BCUT2D eigenvalue weighted by molar-refractivity contribution is 6.28. The number of hydrogen-bond acceptors (Lipinski definition) is 6. The lowest BCUT2D eigenvalue weighted by molar-refractivity contribution is -0.151. The average Bonchev–Trinajstić information content (AvgIpc) is 2.91. The molecule has 8 nitrogen and oxygen atoms in total. The Kier molecular flexibility index (Phi) is 5.67. The van der Waals surface area contributed by atoms with Gasteiger partial charge in [0.25, 0.3) is 11.8 Å². The van der Waals surface area contributed by atoms with Gasteiger partial charge in [0.2, 0.25) is 6.79 Å². The van der Waals surface area contributed by atoms with Crippen molar-refractivity contribution in [2.24, 2.45) is 0 Å². The minimum atomic E-state index is -0.691. The standard InChI is InChI=1S/C16H16N2O6/c1-17-16(22)24-10-23-15(21)8-5-11-3-2-4-12(9-11)18-13(19)6-7-14(18)20/h2-4,6-7,9H,5,8,10H2,1H3,(H,17,22). The van der Waals surface area contributed by atoms with Crippen molar-refractivity contribution in [3.8, 4) is 0 Å². The molecule has 0 saturated heterocycles. The van der Waals surface area contributed by atoms with Crippen molar-refractivity contribution in [2.45, 2.75) is 12.8 Å². The van der Waals surface area contributed by atoms with Gasteiger partial charge in [-0.1, -0.05) is 12.1 Å². The first-order valence-corrected chi connectivity index (χ1v) is 7.16. The molecule has 1 aliphatic rings. The molecule has 0 spiro atoms. The molecule has 8 heteroatoms. The van der Waals surface area contributed by atoms with E-state index in [1.165, 1.54) is 19.2 Å². The van der Waals surface area contributed by atoms with Crippen molar-refractivity contribution in [3.05, 3.63) is 42.0 Å². The van der Waals surface area contributed by atoms with Crippen LogP contribution in [0.1, 0.15) is 12.0 Å². The fourth-order valence-corrected chi connectivity index (χ4v) is 2.05. The number of nitrogens with zero attached hydrogens (tertiary/aromatic N) is 1. The number of amides is 3. The molecule has 3 amide bonds. The number of carbonyl (C=O) groups excluding carboxylic acids is 4. The number of hydrogen-bond donors (Lipinski definition) is 1. The maximum atomic E-state index is 11.7. The predicted octanol–water partition coefficient (Wildman–Crippen LogP) is 0.905. The molecule has 126 valence electrons. The van der Waals surface area contributed by atoms with Crippen molar-refractivity contribution in [1.29, 1.82) is 0 Å². The SMILES string of the molecule is CNC(=O)OCOC(=O)CCc1cccc(N2C(=O)C=CC2=O)c1. The van der Waals surface area contributed by atoms with E-state index in [0.29, 0.717) is 12.1 Å². The molecule has 0 unspecified atom stereocenters. The molecule has 0 bridgehead atoms. The van der Waals surface area contributed by atoms with Gasteiger partial charge in [0.1, 0.15) is 0 Å². The zero-order valence-corrected chi connectivity index (χ0v) is 13.0. The third-order valence-corrected chi connectivity index (χ3v) is 3.21. The van der Waals surface area contributed by atoms with Crippen molar-refractivity contribution in [3.63, 3.8) is 0 Å². The van der Waals surface area contributed by atoms with Crippen LogP contribution in [-0.2, 0) is 30.3 Å². The average molecular weight is 332 g/mol. The summed E-state index contributed by atoms with van der Waals surface area (Å²) in [6, 6.07) is 6.78. The van der Waals surface area contributed by atoms with Gasteiger partial charge in [0.05, 0.1) is 5.69 Å². The number of imide groups is 1. The number of esters is 1. The Labute approximate surface area is 138 Å². The first-order chi connectivity index (χ1) is 11.5. The van der Waals surface area contributed by atoms with Gasteiger partial charge in [0.15, 0.2) is 0 Å². The fourth-order valence-electron chi connectivity index (χ4n) is 2.05. The number of anilines is 1. The van der Waals surface area contributed by atoms with Gasteiger partial charge in [-0.3, -0.25) is 14.4 Å². The van der Waals surface area contributed by atoms with E-state index in [0.717, 1.165) is 10.5 Å². The summed E-state index contributed by atoms with van der Waals surface area (Å²) in [6.45, 7) is -0.457. The summed E-state index contributed by atoms with van der Waals surface area (Å²) in [4.78, 5) is 46.7. The lowest BCUT2D eigenvalue weighted by Gasteiger charge is -2.14. The topological polar surface area (TPSA) is 102 Å². The maximum absolute atomic E-state index is 11.7. The molecule has 24 heavy (non-hydrogen) atoms. The molecule has 0 atom stereocenters. The Balaban J connectivity index is 1.86. The van der Waals surface area contributed by atoms with Crippen LogP contribution in [0.5, 0.6) is 0 Å². The van der Waals surface area contributed by atoms with Gasteiger partial charge in [-0.05, 0) is 24.1 Å². The number of benzene rings is 1. The van der Waals surface area contributed by atoms with E-state index in [2.05, 4.69) is 10.1 Å². The smallest absolute Gasteiger partial charge is 0.409 e. The summed E-state index contributed by atoms with van der Waals surface area (Å²) >= 11 is 0. The van der Waals surface area contributed by atoms with Crippen LogP contribution in [0.25, 0.3) is 0 Å². The van der Waals surface area contributed by atoms with Crippen LogP contribution < -0.4 is 10.2 Å². The molecule has 0 saturated carbocycles. The number of aryl methyl sites for hydroxylation is 1. The largest absolute Gasteiger partial charge is 0.428 e. The first kappa shape index (κ1) is 17.2. The van der Waals surface area contributed by atoms with Gasteiger partial charge >= 0.3 is 12.1 Å². The summed E-state index contributed by atoms with van der Waals surface area (Å²) in [5.41, 5.74) is 1.22. The van der Waals surface area contributed by atoms with Crippen molar-refractivity contribution >= 4 is 29.6 Å². The Morgan fingerprint density at radius 3 is 2.50 bits per heavy atom. The molecule has 1 N–H and O–H groups in total. The van der Waals surface area contributed by atoms with Crippen LogP contribution >= 0.6 is 0 Å². The molecule has 0 aromatic heterocycles. The number of rotatable bonds is 6. The quantitative estimate of drug-likeness (QED) is 0.472. The maximum Gasteiger partial charge on any atom is 0.409 e.